The van der Waals surface area contributed by atoms with Crippen molar-refractivity contribution in [2.24, 2.45) is 17.6 Å². The largest absolute Gasteiger partial charge is 0.514 e. The number of carbonyl (C=O) groups excluding carboxylic acids is 4. The van der Waals surface area contributed by atoms with Gasteiger partial charge in [0.2, 0.25) is 0 Å². The van der Waals surface area contributed by atoms with Crippen LogP contribution < -0.4 is 15.2 Å². The van der Waals surface area contributed by atoms with E-state index in [0.717, 1.165) is 0 Å². The Morgan fingerprint density at radius 1 is 0.784 bits per heavy atom. The van der Waals surface area contributed by atoms with Crippen molar-refractivity contribution in [1.29, 1.82) is 0 Å². The number of nitrogens with two attached hydrogens (primary N) is 1. The zero-order valence-corrected chi connectivity index (χ0v) is 22.8. The molecular weight excluding hydrogens is 486 g/mol. The van der Waals surface area contributed by atoms with Crippen molar-refractivity contribution in [3.8, 4) is 11.5 Å². The molecule has 208 valence electrons. The fourth-order valence-electron chi connectivity index (χ4n) is 2.54. The average Bonchev–Trinajstić information content (AvgIpc) is 2.78. The lowest BCUT2D eigenvalue weighted by molar-refractivity contribution is -0.157. The van der Waals surface area contributed by atoms with Crippen molar-refractivity contribution >= 4 is 24.2 Å². The van der Waals surface area contributed by atoms with E-state index in [2.05, 4.69) is 0 Å². The van der Waals surface area contributed by atoms with Crippen LogP contribution >= 0.6 is 0 Å². The van der Waals surface area contributed by atoms with E-state index >= 15 is 0 Å². The third-order valence-electron chi connectivity index (χ3n) is 5.43. The summed E-state index contributed by atoms with van der Waals surface area (Å²) >= 11 is 0. The molecule has 0 saturated carbocycles. The van der Waals surface area contributed by atoms with Crippen molar-refractivity contribution < 1.29 is 47.6 Å². The van der Waals surface area contributed by atoms with Gasteiger partial charge in [0, 0.05) is 6.92 Å². The molecule has 4 atom stereocenters. The summed E-state index contributed by atoms with van der Waals surface area (Å²) in [6.07, 6.45) is -3.45. The van der Waals surface area contributed by atoms with E-state index in [-0.39, 0.29) is 36.4 Å². The van der Waals surface area contributed by atoms with Gasteiger partial charge in [-0.1, -0.05) is 33.8 Å². The minimum atomic E-state index is -1.07. The van der Waals surface area contributed by atoms with Crippen LogP contribution in [-0.2, 0) is 35.0 Å². The number of carbonyl (C=O) groups is 4. The summed E-state index contributed by atoms with van der Waals surface area (Å²) in [5.41, 5.74) is 6.48. The van der Waals surface area contributed by atoms with Gasteiger partial charge in [-0.15, -0.1) is 0 Å². The van der Waals surface area contributed by atoms with Gasteiger partial charge in [-0.3, -0.25) is 9.59 Å². The Balaban J connectivity index is 3.02. The van der Waals surface area contributed by atoms with Crippen LogP contribution in [0.5, 0.6) is 11.5 Å². The van der Waals surface area contributed by atoms with Crippen LogP contribution in [0, 0.1) is 11.8 Å². The summed E-state index contributed by atoms with van der Waals surface area (Å²) in [6.45, 7) is 13.7. The van der Waals surface area contributed by atoms with Crippen molar-refractivity contribution in [3.63, 3.8) is 0 Å². The van der Waals surface area contributed by atoms with Crippen molar-refractivity contribution in [2.75, 3.05) is 6.61 Å². The predicted octanol–water partition coefficient (Wildman–Crippen LogP) is 4.17. The number of esters is 2. The van der Waals surface area contributed by atoms with Gasteiger partial charge < -0.3 is 34.2 Å². The molecule has 0 radical (unpaired) electrons. The standard InChI is InChI=1S/C26H39NO10/c1-14(2)17(6)34-25(30)36-22-10-9-20(12-23(22)37-26(31)35-18(7)15(3)4)11-21(27)24(29)33-16(5)13-32-19(8)28/h9-10,12,14-18,21H,11,13,27H2,1-8H3/t16?,17-,18?,21-/m0/s1. The zero-order chi connectivity index (χ0) is 28.3. The van der Waals surface area contributed by atoms with E-state index < -0.39 is 48.6 Å². The first-order valence-electron chi connectivity index (χ1n) is 12.2. The quantitative estimate of drug-likeness (QED) is 0.238. The molecule has 1 aromatic carbocycles. The second-order valence-electron chi connectivity index (χ2n) is 9.48. The fourth-order valence-corrected chi connectivity index (χ4v) is 2.54. The first-order valence-corrected chi connectivity index (χ1v) is 12.2. The second-order valence-corrected chi connectivity index (χ2v) is 9.48. The molecule has 0 aromatic heterocycles. The minimum absolute atomic E-state index is 0.0159. The van der Waals surface area contributed by atoms with Gasteiger partial charge in [0.15, 0.2) is 11.5 Å². The first-order chi connectivity index (χ1) is 17.2. The highest BCUT2D eigenvalue weighted by Gasteiger charge is 2.23. The molecular formula is C26H39NO10. The minimum Gasteiger partial charge on any atom is -0.462 e. The predicted molar refractivity (Wildman–Crippen MR) is 133 cm³/mol. The maximum Gasteiger partial charge on any atom is 0.514 e. The van der Waals surface area contributed by atoms with Crippen LogP contribution in [-0.4, -0.2) is 55.2 Å². The van der Waals surface area contributed by atoms with Gasteiger partial charge in [-0.25, -0.2) is 9.59 Å². The Labute approximate surface area is 217 Å². The summed E-state index contributed by atoms with van der Waals surface area (Å²) in [6, 6.07) is 3.29. The molecule has 1 aromatic rings. The molecule has 0 amide bonds. The number of rotatable bonds is 12. The van der Waals surface area contributed by atoms with Crippen molar-refractivity contribution in [3.05, 3.63) is 23.8 Å². The summed E-state index contributed by atoms with van der Waals surface area (Å²) < 4.78 is 31.1. The molecule has 37 heavy (non-hydrogen) atoms. The Morgan fingerprint density at radius 3 is 1.78 bits per heavy atom. The average molecular weight is 526 g/mol. The molecule has 0 heterocycles. The summed E-state index contributed by atoms with van der Waals surface area (Å²) in [4.78, 5) is 47.9. The Morgan fingerprint density at radius 2 is 1.30 bits per heavy atom. The highest BCUT2D eigenvalue weighted by atomic mass is 16.8. The summed E-state index contributed by atoms with van der Waals surface area (Å²) in [7, 11) is 0. The Bertz CT molecular complexity index is 930. The second kappa shape index (κ2) is 15.0. The molecule has 0 spiro atoms. The molecule has 0 aliphatic rings. The Kier molecular flexibility index (Phi) is 12.9. The summed E-state index contributed by atoms with van der Waals surface area (Å²) in [5, 5.41) is 0. The number of hydrogen-bond acceptors (Lipinski definition) is 11. The molecule has 0 saturated heterocycles. The maximum absolute atomic E-state index is 12.4. The first kappa shape index (κ1) is 31.7. The summed E-state index contributed by atoms with van der Waals surface area (Å²) in [5.74, 6) is -1.28. The molecule has 1 rings (SSSR count). The van der Waals surface area contributed by atoms with E-state index in [9.17, 15) is 19.2 Å². The van der Waals surface area contributed by atoms with Gasteiger partial charge in [0.05, 0.1) is 0 Å². The lowest BCUT2D eigenvalue weighted by Crippen LogP contribution is -2.37. The SMILES string of the molecule is CC(=O)OCC(C)OC(=O)[C@@H](N)Cc1ccc(OC(=O)O[C@@H](C)C(C)C)c(OC(=O)OC(C)C(C)C)c1. The van der Waals surface area contributed by atoms with Crippen molar-refractivity contribution in [2.45, 2.75) is 86.2 Å². The van der Waals surface area contributed by atoms with E-state index in [1.54, 1.807) is 26.8 Å². The molecule has 0 aliphatic carbocycles. The molecule has 11 heteroatoms. The van der Waals surface area contributed by atoms with E-state index in [4.69, 9.17) is 34.2 Å². The van der Waals surface area contributed by atoms with Crippen LogP contribution in [0.25, 0.3) is 0 Å². The highest BCUT2D eigenvalue weighted by Crippen LogP contribution is 2.30. The third kappa shape index (κ3) is 12.0. The highest BCUT2D eigenvalue weighted by molar-refractivity contribution is 5.76. The molecule has 2 unspecified atom stereocenters. The van der Waals surface area contributed by atoms with E-state index in [1.165, 1.54) is 19.1 Å². The van der Waals surface area contributed by atoms with Crippen LogP contribution in [0.15, 0.2) is 18.2 Å². The molecule has 11 nitrogen and oxygen atoms in total. The zero-order valence-electron chi connectivity index (χ0n) is 22.8. The van der Waals surface area contributed by atoms with Crippen LogP contribution in [0.1, 0.15) is 61.0 Å². The maximum atomic E-state index is 12.4. The van der Waals surface area contributed by atoms with Crippen molar-refractivity contribution in [1.82, 2.24) is 0 Å². The molecule has 0 bridgehead atoms. The van der Waals surface area contributed by atoms with E-state index in [0.29, 0.717) is 5.56 Å². The smallest absolute Gasteiger partial charge is 0.462 e. The molecule has 0 fully saturated rings. The lowest BCUT2D eigenvalue weighted by atomic mass is 10.1. The third-order valence-corrected chi connectivity index (χ3v) is 5.43. The Hall–Kier alpha value is -3.34. The van der Waals surface area contributed by atoms with Crippen LogP contribution in [0.3, 0.4) is 0 Å². The van der Waals surface area contributed by atoms with Gasteiger partial charge in [0.1, 0.15) is 31.0 Å². The number of hydrogen-bond donors (Lipinski definition) is 1. The van der Waals surface area contributed by atoms with Crippen LogP contribution in [0.4, 0.5) is 9.59 Å². The topological polar surface area (TPSA) is 150 Å². The van der Waals surface area contributed by atoms with Gasteiger partial charge >= 0.3 is 24.2 Å². The molecule has 0 aliphatic heterocycles. The monoisotopic (exact) mass is 525 g/mol. The van der Waals surface area contributed by atoms with Gasteiger partial charge in [0.25, 0.3) is 0 Å². The van der Waals surface area contributed by atoms with Crippen LogP contribution in [0.2, 0.25) is 0 Å². The fraction of sp³-hybridized carbons (Fsp3) is 0.615. The van der Waals surface area contributed by atoms with Gasteiger partial charge in [-0.2, -0.15) is 0 Å². The van der Waals surface area contributed by atoms with E-state index in [1.807, 2.05) is 27.7 Å². The van der Waals surface area contributed by atoms with Gasteiger partial charge in [-0.05, 0) is 56.7 Å². The number of benzene rings is 1. The molecule has 2 N–H and O–H groups in total. The normalized spacial score (nSPS) is 14.2. The number of ether oxygens (including phenoxy) is 6. The lowest BCUT2D eigenvalue weighted by Gasteiger charge is -2.19.